The Morgan fingerprint density at radius 2 is 2.11 bits per heavy atom. The zero-order chi connectivity index (χ0) is 13.1. The van der Waals surface area contributed by atoms with Crippen LogP contribution in [-0.4, -0.2) is 23.2 Å². The third-order valence-electron chi connectivity index (χ3n) is 2.52. The highest BCUT2D eigenvalue weighted by Gasteiger charge is 2.16. The molecule has 0 amide bonds. The van der Waals surface area contributed by atoms with Gasteiger partial charge in [0.25, 0.3) is 0 Å². The smallest absolute Gasteiger partial charge is 0.336 e. The molecule has 0 saturated carbocycles. The summed E-state index contributed by atoms with van der Waals surface area (Å²) in [6.07, 6.45) is 2.67. The van der Waals surface area contributed by atoms with Crippen LogP contribution >= 0.6 is 0 Å². The first kappa shape index (κ1) is 12.0. The molecular weight excluding hydrogens is 237 g/mol. The summed E-state index contributed by atoms with van der Waals surface area (Å²) in [5.41, 5.74) is 0.374. The zero-order valence-electron chi connectivity index (χ0n) is 9.55. The molecule has 1 heterocycles. The highest BCUT2D eigenvalue weighted by Crippen LogP contribution is 2.30. The highest BCUT2D eigenvalue weighted by molar-refractivity contribution is 5.95. The predicted octanol–water partition coefficient (Wildman–Crippen LogP) is 2.59. The fourth-order valence-corrected chi connectivity index (χ4v) is 1.67. The average molecular weight is 247 g/mol. The number of rotatable bonds is 3. The lowest BCUT2D eigenvalue weighted by Crippen LogP contribution is -2.01. The maximum absolute atomic E-state index is 14.1. The summed E-state index contributed by atoms with van der Waals surface area (Å²) in [5, 5.41) is 9.06. The van der Waals surface area contributed by atoms with Crippen molar-refractivity contribution in [1.82, 2.24) is 4.98 Å². The van der Waals surface area contributed by atoms with E-state index in [-0.39, 0.29) is 22.4 Å². The average Bonchev–Trinajstić information content (AvgIpc) is 2.39. The van der Waals surface area contributed by atoms with Crippen molar-refractivity contribution in [2.75, 3.05) is 7.11 Å². The standard InChI is InChI=1S/C13H10FNO3/c1-18-11-4-2-3-8(12(11)14)10-7-15-6-5-9(10)13(16)17/h2-7H,1H3,(H,16,17). The van der Waals surface area contributed by atoms with Crippen molar-refractivity contribution in [3.63, 3.8) is 0 Å². The lowest BCUT2D eigenvalue weighted by molar-refractivity contribution is 0.0697. The second-order valence-corrected chi connectivity index (χ2v) is 3.55. The van der Waals surface area contributed by atoms with Crippen LogP contribution in [0.3, 0.4) is 0 Å². The summed E-state index contributed by atoms with van der Waals surface area (Å²) in [5.74, 6) is -1.67. The van der Waals surface area contributed by atoms with Gasteiger partial charge in [0, 0.05) is 23.5 Å². The van der Waals surface area contributed by atoms with Crippen LogP contribution in [-0.2, 0) is 0 Å². The SMILES string of the molecule is COc1cccc(-c2cnccc2C(=O)O)c1F. The van der Waals surface area contributed by atoms with E-state index in [1.807, 2.05) is 0 Å². The Balaban J connectivity index is 2.66. The number of carboxylic acid groups (broad SMARTS) is 1. The van der Waals surface area contributed by atoms with Gasteiger partial charge in [-0.15, -0.1) is 0 Å². The molecule has 0 saturated heterocycles. The van der Waals surface area contributed by atoms with Crippen LogP contribution in [0.25, 0.3) is 11.1 Å². The molecule has 1 aromatic heterocycles. The molecule has 2 rings (SSSR count). The molecule has 5 heteroatoms. The third kappa shape index (κ3) is 2.02. The molecular formula is C13H10FNO3. The largest absolute Gasteiger partial charge is 0.494 e. The predicted molar refractivity (Wildman–Crippen MR) is 63.1 cm³/mol. The van der Waals surface area contributed by atoms with E-state index in [0.717, 1.165) is 0 Å². The minimum absolute atomic E-state index is 0.00264. The van der Waals surface area contributed by atoms with Crippen LogP contribution in [0.15, 0.2) is 36.7 Å². The molecule has 2 aromatic rings. The molecule has 0 bridgehead atoms. The van der Waals surface area contributed by atoms with Gasteiger partial charge in [-0.05, 0) is 12.1 Å². The minimum Gasteiger partial charge on any atom is -0.494 e. The van der Waals surface area contributed by atoms with Crippen molar-refractivity contribution in [2.45, 2.75) is 0 Å². The van der Waals surface area contributed by atoms with E-state index in [1.165, 1.54) is 37.7 Å². The van der Waals surface area contributed by atoms with Crippen LogP contribution in [0.2, 0.25) is 0 Å². The molecule has 1 N–H and O–H groups in total. The van der Waals surface area contributed by atoms with E-state index < -0.39 is 11.8 Å². The number of hydrogen-bond donors (Lipinski definition) is 1. The topological polar surface area (TPSA) is 59.4 Å². The first-order valence-electron chi connectivity index (χ1n) is 5.15. The van der Waals surface area contributed by atoms with Gasteiger partial charge in [-0.2, -0.15) is 0 Å². The van der Waals surface area contributed by atoms with Crippen LogP contribution in [0.5, 0.6) is 5.75 Å². The second-order valence-electron chi connectivity index (χ2n) is 3.55. The zero-order valence-corrected chi connectivity index (χ0v) is 9.55. The molecule has 0 aliphatic carbocycles. The van der Waals surface area contributed by atoms with Crippen molar-refractivity contribution in [3.05, 3.63) is 48.0 Å². The van der Waals surface area contributed by atoms with Crippen molar-refractivity contribution >= 4 is 5.97 Å². The van der Waals surface area contributed by atoms with Gasteiger partial charge >= 0.3 is 5.97 Å². The minimum atomic E-state index is -1.13. The molecule has 0 aliphatic rings. The second kappa shape index (κ2) is 4.83. The van der Waals surface area contributed by atoms with E-state index in [9.17, 15) is 9.18 Å². The lowest BCUT2D eigenvalue weighted by atomic mass is 10.0. The number of aromatic carboxylic acids is 1. The Bertz CT molecular complexity index is 599. The van der Waals surface area contributed by atoms with E-state index in [4.69, 9.17) is 9.84 Å². The van der Waals surface area contributed by atoms with E-state index >= 15 is 0 Å². The number of benzene rings is 1. The normalized spacial score (nSPS) is 10.1. The Morgan fingerprint density at radius 3 is 2.78 bits per heavy atom. The Hall–Kier alpha value is -2.43. The highest BCUT2D eigenvalue weighted by atomic mass is 19.1. The van der Waals surface area contributed by atoms with Gasteiger partial charge in [0.1, 0.15) is 0 Å². The molecule has 18 heavy (non-hydrogen) atoms. The number of pyridine rings is 1. The summed E-state index contributed by atoms with van der Waals surface area (Å²) in [7, 11) is 1.35. The van der Waals surface area contributed by atoms with Crippen LogP contribution in [0.1, 0.15) is 10.4 Å². The fraction of sp³-hybridized carbons (Fsp3) is 0.0769. The Labute approximate surface area is 103 Å². The van der Waals surface area contributed by atoms with Gasteiger partial charge in [-0.3, -0.25) is 4.98 Å². The Morgan fingerprint density at radius 1 is 1.33 bits per heavy atom. The number of aromatic nitrogens is 1. The summed E-state index contributed by atoms with van der Waals surface area (Å²) in [6, 6.07) is 5.88. The summed E-state index contributed by atoms with van der Waals surface area (Å²) < 4.78 is 18.9. The van der Waals surface area contributed by atoms with Crippen LogP contribution in [0.4, 0.5) is 4.39 Å². The molecule has 1 aromatic carbocycles. The first-order valence-corrected chi connectivity index (χ1v) is 5.15. The van der Waals surface area contributed by atoms with E-state index in [2.05, 4.69) is 4.98 Å². The summed E-state index contributed by atoms with van der Waals surface area (Å²) >= 11 is 0. The van der Waals surface area contributed by atoms with E-state index in [0.29, 0.717) is 0 Å². The summed E-state index contributed by atoms with van der Waals surface area (Å²) in [6.45, 7) is 0. The number of nitrogens with zero attached hydrogens (tertiary/aromatic N) is 1. The lowest BCUT2D eigenvalue weighted by Gasteiger charge is -2.09. The van der Waals surface area contributed by atoms with Gasteiger partial charge in [0.05, 0.1) is 12.7 Å². The summed E-state index contributed by atoms with van der Waals surface area (Å²) in [4.78, 5) is 14.9. The number of ether oxygens (including phenoxy) is 1. The molecule has 0 aliphatic heterocycles. The number of hydrogen-bond acceptors (Lipinski definition) is 3. The molecule has 92 valence electrons. The molecule has 0 unspecified atom stereocenters. The van der Waals surface area contributed by atoms with E-state index in [1.54, 1.807) is 6.07 Å². The van der Waals surface area contributed by atoms with Crippen LogP contribution < -0.4 is 4.74 Å². The fourth-order valence-electron chi connectivity index (χ4n) is 1.67. The van der Waals surface area contributed by atoms with Gasteiger partial charge in [0.15, 0.2) is 11.6 Å². The van der Waals surface area contributed by atoms with Crippen LogP contribution in [0, 0.1) is 5.82 Å². The van der Waals surface area contributed by atoms with Crippen molar-refractivity contribution < 1.29 is 19.0 Å². The quantitative estimate of drug-likeness (QED) is 0.905. The number of carbonyl (C=O) groups is 1. The number of halogens is 1. The maximum Gasteiger partial charge on any atom is 0.336 e. The van der Waals surface area contributed by atoms with Gasteiger partial charge in [-0.1, -0.05) is 12.1 Å². The third-order valence-corrected chi connectivity index (χ3v) is 2.52. The van der Waals surface area contributed by atoms with Gasteiger partial charge < -0.3 is 9.84 Å². The Kier molecular flexibility index (Phi) is 3.23. The molecule has 0 fully saturated rings. The monoisotopic (exact) mass is 247 g/mol. The number of methoxy groups -OCH3 is 1. The maximum atomic E-state index is 14.1. The number of carboxylic acids is 1. The van der Waals surface area contributed by atoms with Gasteiger partial charge in [-0.25, -0.2) is 9.18 Å². The molecule has 0 radical (unpaired) electrons. The van der Waals surface area contributed by atoms with Crippen molar-refractivity contribution in [1.29, 1.82) is 0 Å². The van der Waals surface area contributed by atoms with Gasteiger partial charge in [0.2, 0.25) is 0 Å². The first-order chi connectivity index (χ1) is 8.65. The van der Waals surface area contributed by atoms with Crippen molar-refractivity contribution in [2.24, 2.45) is 0 Å². The molecule has 0 atom stereocenters. The molecule has 4 nitrogen and oxygen atoms in total. The van der Waals surface area contributed by atoms with Crippen molar-refractivity contribution in [3.8, 4) is 16.9 Å². The molecule has 0 spiro atoms.